The summed E-state index contributed by atoms with van der Waals surface area (Å²) >= 11 is 0. The maximum atomic E-state index is 12.7. The van der Waals surface area contributed by atoms with Crippen LogP contribution in [0.1, 0.15) is 33.1 Å². The fourth-order valence-corrected chi connectivity index (χ4v) is 4.99. The van der Waals surface area contributed by atoms with Crippen molar-refractivity contribution in [2.24, 2.45) is 16.8 Å². The number of methoxy groups -OCH3 is 2. The lowest BCUT2D eigenvalue weighted by molar-refractivity contribution is 0.0768. The van der Waals surface area contributed by atoms with Crippen LogP contribution >= 0.6 is 0 Å². The fraction of sp³-hybridized carbons (Fsp3) is 0.632. The van der Waals surface area contributed by atoms with E-state index in [1.165, 1.54) is 39.2 Å². The Balaban J connectivity index is 1.68. The third kappa shape index (κ3) is 4.35. The number of guanidine groups is 1. The van der Waals surface area contributed by atoms with Gasteiger partial charge in [0.25, 0.3) is 10.0 Å². The van der Waals surface area contributed by atoms with Crippen molar-refractivity contribution in [1.29, 1.82) is 0 Å². The Bertz CT molecular complexity index is 827. The summed E-state index contributed by atoms with van der Waals surface area (Å²) in [4.78, 5) is 6.79. The highest BCUT2D eigenvalue weighted by Gasteiger charge is 2.32. The van der Waals surface area contributed by atoms with E-state index in [9.17, 15) is 8.42 Å². The van der Waals surface area contributed by atoms with E-state index in [4.69, 9.17) is 9.47 Å². The molecule has 0 aromatic heterocycles. The molecule has 9 heteroatoms. The summed E-state index contributed by atoms with van der Waals surface area (Å²) in [7, 11) is -0.804. The molecule has 3 rings (SSSR count). The predicted molar refractivity (Wildman–Crippen MR) is 108 cm³/mol. The first-order chi connectivity index (χ1) is 13.4. The minimum absolute atomic E-state index is 0.0896. The van der Waals surface area contributed by atoms with E-state index in [0.29, 0.717) is 42.7 Å². The van der Waals surface area contributed by atoms with Crippen LogP contribution in [0.5, 0.6) is 11.5 Å². The monoisotopic (exact) mass is 410 g/mol. The molecule has 1 aliphatic heterocycles. The molecule has 1 saturated carbocycles. The minimum Gasteiger partial charge on any atom is -0.493 e. The van der Waals surface area contributed by atoms with Crippen molar-refractivity contribution in [3.05, 3.63) is 18.2 Å². The van der Waals surface area contributed by atoms with Crippen molar-refractivity contribution in [1.82, 2.24) is 14.9 Å². The molecule has 2 aliphatic rings. The Morgan fingerprint density at radius 2 is 1.93 bits per heavy atom. The minimum atomic E-state index is -3.78. The highest BCUT2D eigenvalue weighted by atomic mass is 32.2. The topological polar surface area (TPSA) is 92.3 Å². The van der Waals surface area contributed by atoms with Gasteiger partial charge in [-0.1, -0.05) is 26.7 Å². The summed E-state index contributed by atoms with van der Waals surface area (Å²) in [5, 5.41) is 3.11. The Morgan fingerprint density at radius 3 is 2.57 bits per heavy atom. The third-order valence-corrected chi connectivity index (χ3v) is 7.23. The van der Waals surface area contributed by atoms with Gasteiger partial charge in [0.2, 0.25) is 5.96 Å². The Kier molecular flexibility index (Phi) is 6.34. The van der Waals surface area contributed by atoms with Crippen LogP contribution in [0, 0.1) is 11.8 Å². The van der Waals surface area contributed by atoms with Gasteiger partial charge in [0.15, 0.2) is 11.5 Å². The number of benzene rings is 1. The number of hydrogen-bond acceptors (Lipinski definition) is 7. The quantitative estimate of drug-likeness (QED) is 0.771. The smallest absolute Gasteiger partial charge is 0.264 e. The van der Waals surface area contributed by atoms with Crippen LogP contribution < -0.4 is 19.5 Å². The lowest BCUT2D eigenvalue weighted by atomic mass is 9.77. The normalized spacial score (nSPS) is 26.1. The Hall–Kier alpha value is -2.00. The van der Waals surface area contributed by atoms with Crippen LogP contribution in [0.15, 0.2) is 28.1 Å². The van der Waals surface area contributed by atoms with Gasteiger partial charge in [-0.3, -0.25) is 4.90 Å². The summed E-state index contributed by atoms with van der Waals surface area (Å²) in [6, 6.07) is 4.95. The second-order valence-corrected chi connectivity index (χ2v) is 9.21. The number of nitrogens with one attached hydrogen (secondary N) is 2. The van der Waals surface area contributed by atoms with Gasteiger partial charge in [0.05, 0.1) is 32.5 Å². The number of nitrogens with zero attached hydrogens (tertiary/aromatic N) is 2. The fourth-order valence-electron chi connectivity index (χ4n) is 3.97. The zero-order valence-corrected chi connectivity index (χ0v) is 17.8. The maximum Gasteiger partial charge on any atom is 0.264 e. The number of rotatable bonds is 5. The van der Waals surface area contributed by atoms with Crippen LogP contribution in [0.25, 0.3) is 0 Å². The lowest BCUT2D eigenvalue weighted by Gasteiger charge is -2.42. The van der Waals surface area contributed by atoms with E-state index < -0.39 is 10.0 Å². The Labute approximate surface area is 167 Å². The van der Waals surface area contributed by atoms with Crippen LogP contribution in [-0.2, 0) is 10.0 Å². The van der Waals surface area contributed by atoms with Crippen LogP contribution in [0.2, 0.25) is 0 Å². The summed E-state index contributed by atoms with van der Waals surface area (Å²) in [5.41, 5.74) is 0. The van der Waals surface area contributed by atoms with E-state index >= 15 is 0 Å². The van der Waals surface area contributed by atoms with Gasteiger partial charge in [-0.15, -0.1) is 0 Å². The molecule has 0 unspecified atom stereocenters. The largest absolute Gasteiger partial charge is 0.493 e. The molecule has 1 aromatic carbocycles. The van der Waals surface area contributed by atoms with E-state index in [0.717, 1.165) is 6.42 Å². The van der Waals surface area contributed by atoms with Gasteiger partial charge in [-0.25, -0.2) is 18.1 Å². The number of sulfonamides is 1. The molecular weight excluding hydrogens is 380 g/mol. The molecule has 156 valence electrons. The zero-order valence-electron chi connectivity index (χ0n) is 16.9. The average molecular weight is 411 g/mol. The Morgan fingerprint density at radius 1 is 1.18 bits per heavy atom. The molecule has 0 bridgehead atoms. The number of aliphatic imine (C=N–C) groups is 1. The number of hydrogen-bond donors (Lipinski definition) is 2. The standard InChI is InChI=1S/C19H30N4O4S/c1-13-6-5-7-16(14(13)2)23-11-20-19(21-12-23)22-28(24,25)15-8-9-17(26-3)18(10-15)27-4/h8-10,13-14,16H,5-7,11-12H2,1-4H3,(H2,20,21,22)/t13-,14-,16+/m0/s1. The molecule has 0 amide bonds. The maximum absolute atomic E-state index is 12.7. The molecule has 2 N–H and O–H groups in total. The van der Waals surface area contributed by atoms with Crippen molar-refractivity contribution < 1.29 is 17.9 Å². The number of ether oxygens (including phenoxy) is 2. The van der Waals surface area contributed by atoms with Crippen LogP contribution in [-0.4, -0.2) is 52.9 Å². The molecule has 1 fully saturated rings. The molecule has 1 aromatic rings. The molecule has 0 radical (unpaired) electrons. The second kappa shape index (κ2) is 8.57. The highest BCUT2D eigenvalue weighted by Crippen LogP contribution is 2.33. The van der Waals surface area contributed by atoms with Gasteiger partial charge >= 0.3 is 0 Å². The summed E-state index contributed by atoms with van der Waals surface area (Å²) in [5.74, 6) is 2.41. The van der Waals surface area contributed by atoms with Crippen LogP contribution in [0.3, 0.4) is 0 Å². The molecule has 8 nitrogen and oxygen atoms in total. The highest BCUT2D eigenvalue weighted by molar-refractivity contribution is 7.90. The van der Waals surface area contributed by atoms with Gasteiger partial charge < -0.3 is 14.8 Å². The first kappa shape index (κ1) is 20.7. The predicted octanol–water partition coefficient (Wildman–Crippen LogP) is 1.98. The molecule has 3 atom stereocenters. The molecule has 28 heavy (non-hydrogen) atoms. The second-order valence-electron chi connectivity index (χ2n) is 7.53. The first-order valence-electron chi connectivity index (χ1n) is 9.63. The summed E-state index contributed by atoms with van der Waals surface area (Å²) in [6.07, 6.45) is 3.67. The van der Waals surface area contributed by atoms with Crippen molar-refractivity contribution in [3.63, 3.8) is 0 Å². The van der Waals surface area contributed by atoms with Crippen molar-refractivity contribution in [2.75, 3.05) is 27.6 Å². The van der Waals surface area contributed by atoms with Gasteiger partial charge in [-0.2, -0.15) is 0 Å². The van der Waals surface area contributed by atoms with E-state index in [1.807, 2.05) is 0 Å². The lowest BCUT2D eigenvalue weighted by Crippen LogP contribution is -2.55. The van der Waals surface area contributed by atoms with Crippen molar-refractivity contribution in [3.8, 4) is 11.5 Å². The van der Waals surface area contributed by atoms with E-state index in [2.05, 4.69) is 33.8 Å². The zero-order chi connectivity index (χ0) is 20.3. The van der Waals surface area contributed by atoms with Crippen molar-refractivity contribution >= 4 is 16.0 Å². The summed E-state index contributed by atoms with van der Waals surface area (Å²) < 4.78 is 38.3. The average Bonchev–Trinajstić information content (AvgIpc) is 2.70. The molecule has 1 aliphatic carbocycles. The van der Waals surface area contributed by atoms with Gasteiger partial charge in [-0.05, 0) is 30.4 Å². The molecule has 0 saturated heterocycles. The third-order valence-electron chi connectivity index (χ3n) is 5.89. The summed E-state index contributed by atoms with van der Waals surface area (Å²) in [6.45, 7) is 5.67. The SMILES string of the molecule is COc1ccc(S(=O)(=O)NC2=NCN([C@@H]3CCC[C@H](C)[C@@H]3C)CN2)cc1OC. The molecule has 0 spiro atoms. The van der Waals surface area contributed by atoms with Crippen molar-refractivity contribution in [2.45, 2.75) is 44.0 Å². The first-order valence-corrected chi connectivity index (χ1v) is 11.1. The van der Waals surface area contributed by atoms with Gasteiger partial charge in [0, 0.05) is 12.1 Å². The van der Waals surface area contributed by atoms with Gasteiger partial charge in [0.1, 0.15) is 0 Å². The molecular formula is C19H30N4O4S. The van der Waals surface area contributed by atoms with E-state index in [-0.39, 0.29) is 10.9 Å². The van der Waals surface area contributed by atoms with Crippen LogP contribution in [0.4, 0.5) is 0 Å². The van der Waals surface area contributed by atoms with E-state index in [1.54, 1.807) is 6.07 Å². The molecule has 1 heterocycles.